The van der Waals surface area contributed by atoms with Crippen molar-refractivity contribution in [1.82, 2.24) is 51.5 Å². The van der Waals surface area contributed by atoms with E-state index in [4.69, 9.17) is 0 Å². The highest BCUT2D eigenvalue weighted by atomic mass is 16.2. The molecule has 18 nitrogen and oxygen atoms in total. The Kier molecular flexibility index (Phi) is 18.2. The van der Waals surface area contributed by atoms with Gasteiger partial charge in [-0.05, 0) is 135 Å². The first-order chi connectivity index (χ1) is 38.0. The van der Waals surface area contributed by atoms with Gasteiger partial charge in [0.15, 0.2) is 0 Å². The number of piperazine rings is 2. The van der Waals surface area contributed by atoms with Crippen molar-refractivity contribution in [2.24, 2.45) is 10.8 Å². The summed E-state index contributed by atoms with van der Waals surface area (Å²) < 4.78 is 0. The number of hydrogen-bond acceptors (Lipinski definition) is 10. The smallest absolute Gasteiger partial charge is 0.254 e. The molecule has 8 rings (SSSR count). The number of amides is 8. The lowest BCUT2D eigenvalue weighted by atomic mass is 9.85. The first-order valence-electron chi connectivity index (χ1n) is 28.4. The van der Waals surface area contributed by atoms with Crippen LogP contribution in [0.2, 0.25) is 0 Å². The van der Waals surface area contributed by atoms with E-state index in [1.807, 2.05) is 77.9 Å². The van der Waals surface area contributed by atoms with Crippen molar-refractivity contribution in [1.29, 1.82) is 0 Å². The number of nitrogens with zero attached hydrogens (tertiary/aromatic N) is 4. The Labute approximate surface area is 470 Å². The second-order valence-corrected chi connectivity index (χ2v) is 24.3. The van der Waals surface area contributed by atoms with Crippen molar-refractivity contribution in [2.75, 3.05) is 53.4 Å². The van der Waals surface area contributed by atoms with Crippen LogP contribution >= 0.6 is 0 Å². The molecule has 8 atom stereocenters. The van der Waals surface area contributed by atoms with E-state index in [0.29, 0.717) is 21.9 Å². The number of rotatable bonds is 14. The van der Waals surface area contributed by atoms with Crippen LogP contribution in [0.25, 0.3) is 10.8 Å². The van der Waals surface area contributed by atoms with Gasteiger partial charge >= 0.3 is 0 Å². The molecule has 2 aliphatic carbocycles. The monoisotopic (exact) mass is 1090 g/mol. The molecule has 0 saturated carbocycles. The van der Waals surface area contributed by atoms with E-state index in [-0.39, 0.29) is 86.8 Å². The van der Waals surface area contributed by atoms with Gasteiger partial charge < -0.3 is 51.5 Å². The first kappa shape index (κ1) is 59.0. The summed E-state index contributed by atoms with van der Waals surface area (Å²) in [4.78, 5) is 121. The summed E-state index contributed by atoms with van der Waals surface area (Å²) in [6, 6.07) is 20.7. The van der Waals surface area contributed by atoms with Gasteiger partial charge in [-0.25, -0.2) is 0 Å². The molecule has 4 aromatic rings. The molecule has 18 heteroatoms. The van der Waals surface area contributed by atoms with Crippen molar-refractivity contribution in [3.63, 3.8) is 0 Å². The molecular weight excluding hydrogens is 1010 g/mol. The summed E-state index contributed by atoms with van der Waals surface area (Å²) in [7, 11) is 3.33. The zero-order chi connectivity index (χ0) is 57.8. The number of aryl methyl sites for hydroxylation is 2. The fourth-order valence-corrected chi connectivity index (χ4v) is 11.6. The number of benzene rings is 4. The largest absolute Gasteiger partial charge is 0.347 e. The molecule has 2 heterocycles. The Morgan fingerprint density at radius 2 is 0.887 bits per heavy atom. The lowest BCUT2D eigenvalue weighted by molar-refractivity contribution is -0.148. The highest BCUT2D eigenvalue weighted by Crippen LogP contribution is 2.33. The average molecular weight is 1100 g/mol. The molecule has 0 spiro atoms. The normalized spacial score (nSPS) is 21.0. The second kappa shape index (κ2) is 24.7. The number of likely N-dealkylation sites (N-methyl/N-ethyl adjacent to an activating group) is 2. The number of fused-ring (bicyclic) bond motifs is 3. The molecule has 2 fully saturated rings. The molecule has 4 aliphatic rings. The van der Waals surface area contributed by atoms with Crippen LogP contribution < -0.4 is 31.9 Å². The lowest BCUT2D eigenvalue weighted by Crippen LogP contribution is -2.66. The van der Waals surface area contributed by atoms with Crippen LogP contribution in [-0.2, 0) is 41.6 Å². The van der Waals surface area contributed by atoms with Gasteiger partial charge in [0, 0.05) is 37.3 Å². The number of carbonyl (C=O) groups excluding carboxylic acids is 8. The van der Waals surface area contributed by atoms with Crippen molar-refractivity contribution >= 4 is 58.0 Å². The Morgan fingerprint density at radius 1 is 0.512 bits per heavy atom. The summed E-state index contributed by atoms with van der Waals surface area (Å²) in [5.74, 6) is -2.95. The third kappa shape index (κ3) is 13.0. The minimum absolute atomic E-state index is 0.0517. The number of carbonyl (C=O) groups is 8. The molecule has 8 amide bonds. The molecular formula is C62H82N10O8. The molecule has 4 aromatic carbocycles. The van der Waals surface area contributed by atoms with Crippen molar-refractivity contribution in [2.45, 2.75) is 142 Å². The van der Waals surface area contributed by atoms with Crippen molar-refractivity contribution in [3.8, 4) is 0 Å². The minimum Gasteiger partial charge on any atom is -0.347 e. The van der Waals surface area contributed by atoms with Crippen molar-refractivity contribution < 1.29 is 38.4 Å². The van der Waals surface area contributed by atoms with E-state index in [1.54, 1.807) is 74.1 Å². The van der Waals surface area contributed by atoms with Crippen LogP contribution in [0.1, 0.15) is 136 Å². The van der Waals surface area contributed by atoms with Crippen LogP contribution in [0, 0.1) is 10.8 Å². The SMILES string of the molecule is CN[C@@H](C)C(=O)N[C@H](C(=O)N1CCN(C(=O)c2ccc3cc(C(=O)N4CCN(C(=O)[C@@H](NC(=O)[C@H](C)NC)C(C)(C)C)[C@H](C(=O)N[C@@H]5CCCc6ccccc65)C4)ccc3c2)C[C@H]1C(=O)N[C@@H]1CCCc2ccccc21)C(C)(C)C. The summed E-state index contributed by atoms with van der Waals surface area (Å²) in [5, 5.41) is 19.6. The highest BCUT2D eigenvalue weighted by molar-refractivity contribution is 6.03. The van der Waals surface area contributed by atoms with Crippen molar-refractivity contribution in [3.05, 3.63) is 118 Å². The molecule has 428 valence electrons. The summed E-state index contributed by atoms with van der Waals surface area (Å²) in [6.07, 6.45) is 5.01. The van der Waals surface area contributed by atoms with Crippen LogP contribution in [-0.4, -0.2) is 156 Å². The molecule has 0 bridgehead atoms. The topological polar surface area (TPSA) is 222 Å². The third-order valence-electron chi connectivity index (χ3n) is 16.7. The Bertz CT molecular complexity index is 2800. The zero-order valence-corrected chi connectivity index (χ0v) is 48.2. The Morgan fingerprint density at radius 3 is 1.25 bits per heavy atom. The van der Waals surface area contributed by atoms with Crippen LogP contribution in [0.4, 0.5) is 0 Å². The van der Waals surface area contributed by atoms with Gasteiger partial charge in [-0.15, -0.1) is 0 Å². The Balaban J connectivity index is 1.02. The molecule has 2 saturated heterocycles. The van der Waals surface area contributed by atoms with Crippen LogP contribution in [0.5, 0.6) is 0 Å². The minimum atomic E-state index is -1.06. The highest BCUT2D eigenvalue weighted by Gasteiger charge is 2.46. The fraction of sp³-hybridized carbons (Fsp3) is 0.516. The molecule has 2 aliphatic heterocycles. The van der Waals surface area contributed by atoms with Gasteiger partial charge in [0.05, 0.1) is 37.3 Å². The van der Waals surface area contributed by atoms with Gasteiger partial charge in [-0.1, -0.05) is 102 Å². The molecule has 0 radical (unpaired) electrons. The average Bonchev–Trinajstić information content (AvgIpc) is 3.54. The predicted octanol–water partition coefficient (Wildman–Crippen LogP) is 4.81. The number of hydrogen-bond donors (Lipinski definition) is 6. The summed E-state index contributed by atoms with van der Waals surface area (Å²) in [6.45, 7) is 14.8. The molecule has 0 aromatic heterocycles. The predicted molar refractivity (Wildman–Crippen MR) is 307 cm³/mol. The Hall–Kier alpha value is -7.18. The second-order valence-electron chi connectivity index (χ2n) is 24.3. The maximum Gasteiger partial charge on any atom is 0.254 e. The third-order valence-corrected chi connectivity index (χ3v) is 16.7. The van der Waals surface area contributed by atoms with E-state index in [9.17, 15) is 38.4 Å². The summed E-state index contributed by atoms with van der Waals surface area (Å²) in [5.41, 5.74) is 3.67. The molecule has 0 unspecified atom stereocenters. The van der Waals surface area contributed by atoms with Crippen LogP contribution in [0.3, 0.4) is 0 Å². The van der Waals surface area contributed by atoms with Gasteiger partial charge in [0.2, 0.25) is 35.4 Å². The first-order valence-corrected chi connectivity index (χ1v) is 28.4. The van der Waals surface area contributed by atoms with E-state index in [0.717, 1.165) is 60.8 Å². The van der Waals surface area contributed by atoms with Gasteiger partial charge in [-0.2, -0.15) is 0 Å². The maximum absolute atomic E-state index is 14.7. The van der Waals surface area contributed by atoms with E-state index >= 15 is 0 Å². The fourth-order valence-electron chi connectivity index (χ4n) is 11.6. The van der Waals surface area contributed by atoms with Gasteiger partial charge in [-0.3, -0.25) is 38.4 Å². The molecule has 80 heavy (non-hydrogen) atoms. The maximum atomic E-state index is 14.7. The van der Waals surface area contributed by atoms with Gasteiger partial charge in [0.25, 0.3) is 11.8 Å². The van der Waals surface area contributed by atoms with E-state index < -0.39 is 58.9 Å². The molecule has 6 N–H and O–H groups in total. The van der Waals surface area contributed by atoms with Crippen LogP contribution in [0.15, 0.2) is 84.9 Å². The summed E-state index contributed by atoms with van der Waals surface area (Å²) >= 11 is 0. The quantitative estimate of drug-likeness (QED) is 0.101. The van der Waals surface area contributed by atoms with E-state index in [1.165, 1.54) is 9.80 Å². The zero-order valence-electron chi connectivity index (χ0n) is 48.2. The van der Waals surface area contributed by atoms with E-state index in [2.05, 4.69) is 44.0 Å². The van der Waals surface area contributed by atoms with Gasteiger partial charge in [0.1, 0.15) is 24.2 Å². The standard InChI is InChI=1S/C62H82N10O8/c1-37(63-9)53(73)67-51(61(3,4)5)59(79)71-31-29-69(35-49(71)55(75)65-47-23-15-19-39-17-11-13-21-45(39)47)57(77)43-27-25-42-34-44(28-26-41(42)33-43)58(78)70-30-32-72(60(80)52(62(6,7)8)68-54(74)38(2)64-10)50(36-70)56(76)66-48-24-16-20-40-18-12-14-22-46(40)48/h11-14,17-18,21-22,25-28,33-34,37-38,47-52,63-64H,15-16,19-20,23-24,29-32,35-36H2,1-10H3,(H,65,75)(H,66,76)(H,67,73)(H,68,74)/t37-,38-,47+,48+,49-,50-,51+,52+/m0/s1. The lowest BCUT2D eigenvalue weighted by Gasteiger charge is -2.44. The number of nitrogens with one attached hydrogen (secondary N) is 6.